The van der Waals surface area contributed by atoms with E-state index in [1.165, 1.54) is 55.6 Å². The second-order valence-corrected chi connectivity index (χ2v) is 19.5. The third-order valence-corrected chi connectivity index (χ3v) is 13.5. The predicted octanol–water partition coefficient (Wildman–Crippen LogP) is -9.27. The zero-order valence-electron chi connectivity index (χ0n) is 36.7. The number of hydrogen-bond acceptors (Lipinski definition) is 22. The Morgan fingerprint density at radius 3 is 1.69 bits per heavy atom. The standard InChI is InChI=1S/C39H27N7O16S4.4Na/c1-46-26-14-13-23(31-32(26)30(20-9-2-3-10-21(20)35(31)48)33(36(46)49)34(47)18-7-6-8-19(15-18)63(51,52)53)40-24-16-25(29(66(60,61)62)17-28(24)65(57,58)59)42-38-43-37(44-39(50)45-38)41-22-11-4-5-12-27(22)64(54,55)56;;;;/h2-17,40H,1H3,(H,51,52,53)(H,54,55,56)(H,57,58,59)(H,60,61,62)(H3,41,42,43,44,45,50);;;;/q;4*+1/p-4. The van der Waals surface area contributed by atoms with E-state index < -0.39 is 118 Å². The minimum Gasteiger partial charge on any atom is -0.744 e. The molecule has 338 valence electrons. The number of para-hydroxylation sites is 1. The van der Waals surface area contributed by atoms with Crippen LogP contribution in [0.2, 0.25) is 0 Å². The van der Waals surface area contributed by atoms with Crippen LogP contribution in [-0.2, 0) is 47.5 Å². The first-order chi connectivity index (χ1) is 30.8. The largest absolute Gasteiger partial charge is 1.00 e. The number of hydrogen-bond donors (Lipinski definition) is 4. The number of aromatic nitrogens is 4. The Morgan fingerprint density at radius 2 is 1.10 bits per heavy atom. The smallest absolute Gasteiger partial charge is 0.744 e. The van der Waals surface area contributed by atoms with E-state index in [1.54, 1.807) is 0 Å². The number of anilines is 6. The average Bonchev–Trinajstić information content (AvgIpc) is 3.22. The van der Waals surface area contributed by atoms with Gasteiger partial charge in [0.25, 0.3) is 5.56 Å². The van der Waals surface area contributed by atoms with Crippen molar-refractivity contribution in [2.75, 3.05) is 16.0 Å². The second kappa shape index (κ2) is 21.9. The molecule has 4 N–H and O–H groups in total. The van der Waals surface area contributed by atoms with Gasteiger partial charge in [0.05, 0.1) is 59.0 Å². The minimum atomic E-state index is -5.73. The summed E-state index contributed by atoms with van der Waals surface area (Å²) in [7, 11) is -20.3. The molecule has 70 heavy (non-hydrogen) atoms. The molecule has 8 rings (SSSR count). The molecule has 0 saturated carbocycles. The topological polar surface area (TPSA) is 380 Å². The minimum absolute atomic E-state index is 0. The van der Waals surface area contributed by atoms with Gasteiger partial charge in [-0.25, -0.2) is 33.7 Å². The number of carbonyl (C=O) groups excluding carboxylic acids is 2. The number of nitrogens with one attached hydrogen (secondary N) is 3. The van der Waals surface area contributed by atoms with Crippen LogP contribution >= 0.6 is 0 Å². The number of carbonyl (C=O) groups is 2. The SMILES string of the molecule is Cn1c(=O)c(C(=O)c2cccc(S(=O)(=O)[O-])c2)c2c3c(c(Nc4cc(Nc5nc(O)nc(Nc6ccccc6S(=O)(=O)[O-])n5)c(S(=O)(=O)[O-])cc4S(=O)(=O)[O-])ccc31)C(=O)c1ccccc1-2.[Na+].[Na+].[Na+].[Na+]. The van der Waals surface area contributed by atoms with Gasteiger partial charge in [0.2, 0.25) is 11.9 Å². The molecule has 0 aliphatic heterocycles. The molecule has 1 aliphatic carbocycles. The van der Waals surface area contributed by atoms with Crippen molar-refractivity contribution < 1.29 is 185 Å². The Kier molecular flexibility index (Phi) is 18.5. The van der Waals surface area contributed by atoms with Crippen molar-refractivity contribution in [1.29, 1.82) is 0 Å². The van der Waals surface area contributed by atoms with Gasteiger partial charge in [-0.05, 0) is 54.1 Å². The molecule has 0 radical (unpaired) electrons. The summed E-state index contributed by atoms with van der Waals surface area (Å²) < 4.78 is 148. The molecule has 2 heterocycles. The van der Waals surface area contributed by atoms with Gasteiger partial charge < -0.3 is 43.8 Å². The number of fused-ring (bicyclic) bond motifs is 2. The summed E-state index contributed by atoms with van der Waals surface area (Å²) in [6.45, 7) is 0. The average molecular weight is 1070 g/mol. The zero-order valence-corrected chi connectivity index (χ0v) is 48.0. The van der Waals surface area contributed by atoms with Gasteiger partial charge in [-0.3, -0.25) is 14.4 Å². The van der Waals surface area contributed by atoms with E-state index in [-0.39, 0.29) is 169 Å². The molecular formula is C39H23N7Na4O16S4. The molecule has 0 fully saturated rings. The predicted molar refractivity (Wildman–Crippen MR) is 224 cm³/mol. The van der Waals surface area contributed by atoms with E-state index in [9.17, 15) is 71.4 Å². The summed E-state index contributed by atoms with van der Waals surface area (Å²) >= 11 is 0. The summed E-state index contributed by atoms with van der Waals surface area (Å²) in [5.41, 5.74) is -4.66. The van der Waals surface area contributed by atoms with E-state index in [0.29, 0.717) is 6.07 Å². The molecular weight excluding hydrogens is 1040 g/mol. The summed E-state index contributed by atoms with van der Waals surface area (Å²) in [5, 5.41) is 17.5. The first kappa shape index (κ1) is 59.1. The molecule has 7 aromatic rings. The third-order valence-electron chi connectivity index (χ3n) is 10.0. The number of pyridine rings is 1. The van der Waals surface area contributed by atoms with Gasteiger partial charge in [-0.1, -0.05) is 48.5 Å². The van der Waals surface area contributed by atoms with Crippen molar-refractivity contribution >= 4 is 97.6 Å². The van der Waals surface area contributed by atoms with E-state index in [2.05, 4.69) is 30.9 Å². The Bertz CT molecular complexity index is 3870. The Morgan fingerprint density at radius 1 is 0.557 bits per heavy atom. The maximum atomic E-state index is 14.5. The summed E-state index contributed by atoms with van der Waals surface area (Å²) in [4.78, 5) is 49.8. The number of rotatable bonds is 12. The van der Waals surface area contributed by atoms with Crippen molar-refractivity contribution in [3.05, 3.63) is 130 Å². The van der Waals surface area contributed by atoms with Crippen LogP contribution in [0.4, 0.5) is 34.6 Å². The molecule has 1 aliphatic rings. The van der Waals surface area contributed by atoms with Crippen LogP contribution < -0.4 is 140 Å². The zero-order chi connectivity index (χ0) is 47.8. The first-order valence-electron chi connectivity index (χ1n) is 18.2. The normalized spacial score (nSPS) is 12.0. The van der Waals surface area contributed by atoms with Crippen LogP contribution in [-0.4, -0.2) is 88.1 Å². The number of aromatic hydroxyl groups is 1. The van der Waals surface area contributed by atoms with Crippen molar-refractivity contribution in [2.45, 2.75) is 19.6 Å². The van der Waals surface area contributed by atoms with Crippen LogP contribution in [0.25, 0.3) is 22.0 Å². The Hall–Kier alpha value is -3.50. The fourth-order valence-electron chi connectivity index (χ4n) is 7.24. The Balaban J connectivity index is 0.00000266. The van der Waals surface area contributed by atoms with Gasteiger partial charge in [0.1, 0.15) is 40.5 Å². The number of ketones is 2. The molecule has 0 atom stereocenters. The quantitative estimate of drug-likeness (QED) is 0.0501. The van der Waals surface area contributed by atoms with Gasteiger partial charge in [0.15, 0.2) is 11.6 Å². The number of nitrogens with zero attached hydrogens (tertiary/aromatic N) is 4. The maximum Gasteiger partial charge on any atom is 1.00 e. The van der Waals surface area contributed by atoms with Crippen molar-refractivity contribution in [3.63, 3.8) is 0 Å². The van der Waals surface area contributed by atoms with Crippen molar-refractivity contribution in [2.24, 2.45) is 7.05 Å². The van der Waals surface area contributed by atoms with Gasteiger partial charge in [-0.2, -0.15) is 15.0 Å². The molecule has 0 amide bonds. The van der Waals surface area contributed by atoms with Crippen molar-refractivity contribution in [3.8, 4) is 17.1 Å². The number of benzene rings is 5. The van der Waals surface area contributed by atoms with Crippen LogP contribution in [0, 0.1) is 0 Å². The maximum absolute atomic E-state index is 14.5. The van der Waals surface area contributed by atoms with E-state index in [4.69, 9.17) is 0 Å². The summed E-state index contributed by atoms with van der Waals surface area (Å²) in [5.74, 6) is -3.27. The molecule has 31 heteroatoms. The first-order valence-corrected chi connectivity index (χ1v) is 23.8. The van der Waals surface area contributed by atoms with Crippen LogP contribution in [0.5, 0.6) is 6.01 Å². The van der Waals surface area contributed by atoms with Crippen molar-refractivity contribution in [1.82, 2.24) is 19.5 Å². The summed E-state index contributed by atoms with van der Waals surface area (Å²) in [6.07, 6.45) is 0. The fourth-order valence-corrected chi connectivity index (χ4v) is 9.75. The van der Waals surface area contributed by atoms with Crippen LogP contribution in [0.15, 0.2) is 121 Å². The molecule has 0 spiro atoms. The van der Waals surface area contributed by atoms with Gasteiger partial charge in [-0.15, -0.1) is 0 Å². The molecule has 5 aromatic carbocycles. The fraction of sp³-hybridized carbons (Fsp3) is 0.0256. The van der Waals surface area contributed by atoms with E-state index in [1.807, 2.05) is 0 Å². The molecule has 23 nitrogen and oxygen atoms in total. The second-order valence-electron chi connectivity index (χ2n) is 14.0. The Labute approximate surface area is 485 Å². The molecule has 2 aromatic heterocycles. The molecule has 0 saturated heterocycles. The molecule has 0 unspecified atom stereocenters. The monoisotopic (exact) mass is 1060 g/mol. The third kappa shape index (κ3) is 11.6. The summed E-state index contributed by atoms with van der Waals surface area (Å²) in [6, 6.07) is 16.5. The van der Waals surface area contributed by atoms with Crippen LogP contribution in [0.3, 0.4) is 0 Å². The van der Waals surface area contributed by atoms with E-state index >= 15 is 0 Å². The van der Waals surface area contributed by atoms with Crippen LogP contribution in [0.1, 0.15) is 31.8 Å². The number of aryl methyl sites for hydroxylation is 1. The van der Waals surface area contributed by atoms with Gasteiger partial charge >= 0.3 is 124 Å². The molecule has 0 bridgehead atoms. The van der Waals surface area contributed by atoms with Gasteiger partial charge in [0, 0.05) is 29.1 Å². The van der Waals surface area contributed by atoms with E-state index in [0.717, 1.165) is 41.0 Å².